The van der Waals surface area contributed by atoms with Gasteiger partial charge >= 0.3 is 6.09 Å². The summed E-state index contributed by atoms with van der Waals surface area (Å²) in [5, 5.41) is 13.1. The summed E-state index contributed by atoms with van der Waals surface area (Å²) in [5.74, 6) is 0.269. The Morgan fingerprint density at radius 2 is 1.90 bits per heavy atom. The number of anilines is 1. The SMILES string of the molecule is COc1nc(N[C@H]2CC[C@H](N(Cc3ccccc3)C(=O)O)CC2)c(C)cc1C(N)=O. The zero-order valence-electron chi connectivity index (χ0n) is 17.3. The van der Waals surface area contributed by atoms with Gasteiger partial charge in [0.1, 0.15) is 11.4 Å². The molecule has 2 aromatic rings. The van der Waals surface area contributed by atoms with Crippen LogP contribution in [0.2, 0.25) is 0 Å². The van der Waals surface area contributed by atoms with Gasteiger partial charge in [-0.3, -0.25) is 4.79 Å². The number of aromatic nitrogens is 1. The lowest BCUT2D eigenvalue weighted by molar-refractivity contribution is 0.0995. The Morgan fingerprint density at radius 3 is 2.47 bits per heavy atom. The third-order valence-electron chi connectivity index (χ3n) is 5.56. The van der Waals surface area contributed by atoms with Crippen LogP contribution in [0.4, 0.5) is 10.6 Å². The van der Waals surface area contributed by atoms with E-state index >= 15 is 0 Å². The fraction of sp³-hybridized carbons (Fsp3) is 0.409. The van der Waals surface area contributed by atoms with Crippen molar-refractivity contribution in [2.75, 3.05) is 12.4 Å². The molecule has 1 aromatic heterocycles. The molecule has 0 radical (unpaired) electrons. The van der Waals surface area contributed by atoms with E-state index in [1.165, 1.54) is 7.11 Å². The summed E-state index contributed by atoms with van der Waals surface area (Å²) in [6.45, 7) is 2.25. The summed E-state index contributed by atoms with van der Waals surface area (Å²) in [6, 6.07) is 11.5. The average Bonchev–Trinajstić information content (AvgIpc) is 2.74. The Morgan fingerprint density at radius 1 is 1.23 bits per heavy atom. The predicted molar refractivity (Wildman–Crippen MR) is 114 cm³/mol. The van der Waals surface area contributed by atoms with Gasteiger partial charge in [-0.05, 0) is 49.8 Å². The van der Waals surface area contributed by atoms with Crippen LogP contribution < -0.4 is 15.8 Å². The monoisotopic (exact) mass is 412 g/mol. The van der Waals surface area contributed by atoms with E-state index in [9.17, 15) is 14.7 Å². The van der Waals surface area contributed by atoms with Crippen LogP contribution in [0.15, 0.2) is 36.4 Å². The van der Waals surface area contributed by atoms with Crippen molar-refractivity contribution in [2.24, 2.45) is 5.73 Å². The maximum absolute atomic E-state index is 11.8. The molecule has 1 aliphatic carbocycles. The molecule has 4 N–H and O–H groups in total. The molecule has 30 heavy (non-hydrogen) atoms. The highest BCUT2D eigenvalue weighted by atomic mass is 16.5. The summed E-state index contributed by atoms with van der Waals surface area (Å²) >= 11 is 0. The van der Waals surface area contributed by atoms with Gasteiger partial charge in [0.2, 0.25) is 5.88 Å². The zero-order valence-corrected chi connectivity index (χ0v) is 17.3. The zero-order chi connectivity index (χ0) is 21.7. The molecular formula is C22H28N4O4. The number of carbonyl (C=O) groups excluding carboxylic acids is 1. The summed E-state index contributed by atoms with van der Waals surface area (Å²) < 4.78 is 5.20. The average molecular weight is 412 g/mol. The quantitative estimate of drug-likeness (QED) is 0.641. The lowest BCUT2D eigenvalue weighted by Gasteiger charge is -2.36. The third-order valence-corrected chi connectivity index (χ3v) is 5.56. The van der Waals surface area contributed by atoms with Crippen molar-refractivity contribution in [3.63, 3.8) is 0 Å². The van der Waals surface area contributed by atoms with E-state index in [4.69, 9.17) is 10.5 Å². The summed E-state index contributed by atoms with van der Waals surface area (Å²) in [6.07, 6.45) is 2.30. The van der Waals surface area contributed by atoms with Gasteiger partial charge < -0.3 is 25.8 Å². The van der Waals surface area contributed by atoms with Gasteiger partial charge in [-0.15, -0.1) is 0 Å². The number of methoxy groups -OCH3 is 1. The van der Waals surface area contributed by atoms with Crippen LogP contribution >= 0.6 is 0 Å². The Kier molecular flexibility index (Phi) is 6.76. The molecule has 0 saturated heterocycles. The Labute approximate surface area is 176 Å². The second kappa shape index (κ2) is 9.47. The van der Waals surface area contributed by atoms with Gasteiger partial charge in [-0.1, -0.05) is 30.3 Å². The molecule has 0 unspecified atom stereocenters. The highest BCUT2D eigenvalue weighted by Crippen LogP contribution is 2.29. The second-order valence-electron chi connectivity index (χ2n) is 7.62. The van der Waals surface area contributed by atoms with Crippen LogP contribution in [0.1, 0.15) is 47.2 Å². The first kappa shape index (κ1) is 21.4. The minimum absolute atomic E-state index is 0.0124. The van der Waals surface area contributed by atoms with Gasteiger partial charge in [-0.25, -0.2) is 4.79 Å². The molecule has 160 valence electrons. The van der Waals surface area contributed by atoms with E-state index in [1.807, 2.05) is 37.3 Å². The molecule has 0 bridgehead atoms. The molecule has 2 amide bonds. The molecule has 1 fully saturated rings. The largest absolute Gasteiger partial charge is 0.480 e. The number of ether oxygens (including phenoxy) is 1. The first-order chi connectivity index (χ1) is 14.4. The topological polar surface area (TPSA) is 118 Å². The highest BCUT2D eigenvalue weighted by molar-refractivity contribution is 5.95. The summed E-state index contributed by atoms with van der Waals surface area (Å²) in [7, 11) is 1.45. The number of hydrogen-bond donors (Lipinski definition) is 3. The van der Waals surface area contributed by atoms with Crippen molar-refractivity contribution < 1.29 is 19.4 Å². The molecular weight excluding hydrogens is 384 g/mol. The Balaban J connectivity index is 1.64. The molecule has 0 atom stereocenters. The fourth-order valence-electron chi connectivity index (χ4n) is 3.93. The van der Waals surface area contributed by atoms with Gasteiger partial charge in [0.05, 0.1) is 7.11 Å². The van der Waals surface area contributed by atoms with E-state index in [1.54, 1.807) is 11.0 Å². The molecule has 8 nitrogen and oxygen atoms in total. The number of nitrogens with two attached hydrogens (primary N) is 1. The Bertz CT molecular complexity index is 896. The summed E-state index contributed by atoms with van der Waals surface area (Å²) in [4.78, 5) is 29.3. The van der Waals surface area contributed by atoms with E-state index in [2.05, 4.69) is 10.3 Å². The number of aryl methyl sites for hydroxylation is 1. The first-order valence-corrected chi connectivity index (χ1v) is 10.0. The van der Waals surface area contributed by atoms with Crippen molar-refractivity contribution in [2.45, 2.75) is 51.2 Å². The highest BCUT2D eigenvalue weighted by Gasteiger charge is 2.29. The maximum atomic E-state index is 11.8. The van der Waals surface area contributed by atoms with Gasteiger partial charge in [-0.2, -0.15) is 4.98 Å². The molecule has 1 aliphatic rings. The van der Waals surface area contributed by atoms with Gasteiger partial charge in [0, 0.05) is 18.6 Å². The van der Waals surface area contributed by atoms with Crippen LogP contribution in [0.3, 0.4) is 0 Å². The van der Waals surface area contributed by atoms with Crippen molar-refractivity contribution in [3.05, 3.63) is 53.1 Å². The number of carboxylic acid groups (broad SMARTS) is 1. The number of primary amides is 1. The minimum Gasteiger partial charge on any atom is -0.480 e. The number of pyridine rings is 1. The van der Waals surface area contributed by atoms with Crippen molar-refractivity contribution in [1.29, 1.82) is 0 Å². The predicted octanol–water partition coefficient (Wildman–Crippen LogP) is 3.40. The number of nitrogens with one attached hydrogen (secondary N) is 1. The normalized spacial score (nSPS) is 18.5. The van der Waals surface area contributed by atoms with Crippen molar-refractivity contribution >= 4 is 17.8 Å². The molecule has 1 saturated carbocycles. The van der Waals surface area contributed by atoms with Crippen LogP contribution in [-0.2, 0) is 6.54 Å². The minimum atomic E-state index is -0.889. The fourth-order valence-corrected chi connectivity index (χ4v) is 3.93. The molecule has 8 heteroatoms. The van der Waals surface area contributed by atoms with Crippen LogP contribution in [0.25, 0.3) is 0 Å². The van der Waals surface area contributed by atoms with Gasteiger partial charge in [0.25, 0.3) is 5.91 Å². The molecule has 1 aromatic carbocycles. The first-order valence-electron chi connectivity index (χ1n) is 10.0. The number of carbonyl (C=O) groups is 2. The number of amides is 2. The number of nitrogens with zero attached hydrogens (tertiary/aromatic N) is 2. The molecule has 3 rings (SSSR count). The molecule has 0 aliphatic heterocycles. The van der Waals surface area contributed by atoms with Crippen molar-refractivity contribution in [1.82, 2.24) is 9.88 Å². The van der Waals surface area contributed by atoms with Crippen molar-refractivity contribution in [3.8, 4) is 5.88 Å². The lowest BCUT2D eigenvalue weighted by Crippen LogP contribution is -2.43. The third kappa shape index (κ3) is 5.00. The van der Waals surface area contributed by atoms with Crippen LogP contribution in [0.5, 0.6) is 5.88 Å². The number of benzene rings is 1. The second-order valence-corrected chi connectivity index (χ2v) is 7.62. The standard InChI is InChI=1S/C22H28N4O4/c1-14-12-18(19(23)27)21(30-2)25-20(14)24-16-8-10-17(11-9-16)26(22(28)29)13-15-6-4-3-5-7-15/h3-7,12,16-17H,8-11,13H2,1-2H3,(H2,23,27)(H,24,25)(H,28,29)/t16-,17-. The van der Waals surface area contributed by atoms with Gasteiger partial charge in [0.15, 0.2) is 0 Å². The maximum Gasteiger partial charge on any atom is 0.407 e. The Hall–Kier alpha value is -3.29. The van der Waals surface area contributed by atoms with Crippen LogP contribution in [0, 0.1) is 6.92 Å². The lowest BCUT2D eigenvalue weighted by atomic mass is 9.90. The van der Waals surface area contributed by atoms with E-state index in [0.29, 0.717) is 12.4 Å². The van der Waals surface area contributed by atoms with Crippen LogP contribution in [-0.4, -0.2) is 46.2 Å². The molecule has 0 spiro atoms. The number of hydrogen-bond acceptors (Lipinski definition) is 5. The van der Waals surface area contributed by atoms with E-state index in [0.717, 1.165) is 36.8 Å². The smallest absolute Gasteiger partial charge is 0.407 e. The van der Waals surface area contributed by atoms with E-state index in [-0.39, 0.29) is 23.5 Å². The summed E-state index contributed by atoms with van der Waals surface area (Å²) in [5.41, 5.74) is 7.43. The van der Waals surface area contributed by atoms with E-state index < -0.39 is 12.0 Å². The molecule has 1 heterocycles. The number of rotatable bonds is 7.